The number of carbonyl (C=O) groups is 1. The number of aryl methyl sites for hydroxylation is 1. The van der Waals surface area contributed by atoms with E-state index in [0.717, 1.165) is 37.5 Å². The lowest BCUT2D eigenvalue weighted by Crippen LogP contribution is -2.47. The van der Waals surface area contributed by atoms with Gasteiger partial charge in [0, 0.05) is 44.0 Å². The highest BCUT2D eigenvalue weighted by Crippen LogP contribution is 2.29. The molecule has 1 aliphatic carbocycles. The first-order chi connectivity index (χ1) is 9.63. The molecular formula is C14H23N5O. The monoisotopic (exact) mass is 277 g/mol. The van der Waals surface area contributed by atoms with Gasteiger partial charge in [-0.15, -0.1) is 0 Å². The largest absolute Gasteiger partial charge is 0.352 e. The molecule has 1 saturated carbocycles. The Hall–Kier alpha value is -1.40. The molecule has 1 aromatic heterocycles. The Bertz CT molecular complexity index is 474. The summed E-state index contributed by atoms with van der Waals surface area (Å²) in [6.45, 7) is 2.19. The maximum Gasteiger partial charge on any atom is 0.241 e. The molecule has 3 N–H and O–H groups in total. The lowest BCUT2D eigenvalue weighted by Gasteiger charge is -2.32. The summed E-state index contributed by atoms with van der Waals surface area (Å²) in [6.07, 6.45) is 8.20. The first kappa shape index (κ1) is 13.6. The minimum Gasteiger partial charge on any atom is -0.352 e. The van der Waals surface area contributed by atoms with Gasteiger partial charge in [-0.3, -0.25) is 9.48 Å². The zero-order chi connectivity index (χ0) is 14.1. The summed E-state index contributed by atoms with van der Waals surface area (Å²) in [5.74, 6) is -0.0946. The summed E-state index contributed by atoms with van der Waals surface area (Å²) in [6, 6.07) is 0.467. The van der Waals surface area contributed by atoms with E-state index >= 15 is 0 Å². The molecule has 6 nitrogen and oxygen atoms in total. The predicted molar refractivity (Wildman–Crippen MR) is 75.9 cm³/mol. The van der Waals surface area contributed by atoms with Gasteiger partial charge in [-0.25, -0.2) is 0 Å². The van der Waals surface area contributed by atoms with Crippen molar-refractivity contribution in [1.29, 1.82) is 0 Å². The molecule has 3 rings (SSSR count). The highest BCUT2D eigenvalue weighted by molar-refractivity contribution is 5.83. The maximum absolute atomic E-state index is 12.2. The number of piperidine rings is 1. The van der Waals surface area contributed by atoms with Gasteiger partial charge < -0.3 is 16.0 Å². The Morgan fingerprint density at radius 3 is 2.65 bits per heavy atom. The van der Waals surface area contributed by atoms with Crippen molar-refractivity contribution in [3.05, 3.63) is 18.0 Å². The van der Waals surface area contributed by atoms with Crippen LogP contribution >= 0.6 is 0 Å². The fourth-order valence-corrected chi connectivity index (χ4v) is 2.89. The number of amides is 1. The lowest BCUT2D eigenvalue weighted by atomic mass is 10.0. The molecule has 0 spiro atoms. The minimum absolute atomic E-state index is 0.0946. The van der Waals surface area contributed by atoms with Crippen molar-refractivity contribution in [1.82, 2.24) is 20.0 Å². The van der Waals surface area contributed by atoms with Crippen LogP contribution in [0.15, 0.2) is 12.4 Å². The van der Waals surface area contributed by atoms with Gasteiger partial charge in [-0.1, -0.05) is 0 Å². The molecule has 0 aromatic carbocycles. The summed E-state index contributed by atoms with van der Waals surface area (Å²) in [4.78, 5) is 14.7. The third kappa shape index (κ3) is 3.02. The van der Waals surface area contributed by atoms with Crippen molar-refractivity contribution in [2.45, 2.75) is 43.8 Å². The first-order valence-electron chi connectivity index (χ1n) is 7.42. The van der Waals surface area contributed by atoms with Gasteiger partial charge in [0.15, 0.2) is 0 Å². The topological polar surface area (TPSA) is 76.2 Å². The Morgan fingerprint density at radius 2 is 2.10 bits per heavy atom. The highest BCUT2D eigenvalue weighted by atomic mass is 16.2. The van der Waals surface area contributed by atoms with Crippen molar-refractivity contribution in [3.63, 3.8) is 0 Å². The molecule has 1 amide bonds. The molecule has 2 fully saturated rings. The number of nitrogens with one attached hydrogen (secondary N) is 1. The summed E-state index contributed by atoms with van der Waals surface area (Å²) < 4.78 is 1.66. The maximum atomic E-state index is 12.2. The molecule has 1 saturated heterocycles. The van der Waals surface area contributed by atoms with E-state index in [1.165, 1.54) is 12.8 Å². The zero-order valence-electron chi connectivity index (χ0n) is 12.0. The van der Waals surface area contributed by atoms with Crippen LogP contribution < -0.4 is 11.1 Å². The summed E-state index contributed by atoms with van der Waals surface area (Å²) >= 11 is 0. The van der Waals surface area contributed by atoms with Gasteiger partial charge in [0.25, 0.3) is 0 Å². The number of rotatable bonds is 4. The van der Waals surface area contributed by atoms with E-state index < -0.39 is 6.04 Å². The van der Waals surface area contributed by atoms with Crippen LogP contribution in [-0.4, -0.2) is 45.8 Å². The van der Waals surface area contributed by atoms with Crippen LogP contribution in [0.3, 0.4) is 0 Å². The van der Waals surface area contributed by atoms with E-state index in [-0.39, 0.29) is 11.9 Å². The van der Waals surface area contributed by atoms with E-state index in [1.54, 1.807) is 17.1 Å². The molecule has 110 valence electrons. The molecule has 1 unspecified atom stereocenters. The molecule has 1 aliphatic heterocycles. The van der Waals surface area contributed by atoms with Gasteiger partial charge >= 0.3 is 0 Å². The molecule has 6 heteroatoms. The SMILES string of the molecule is Cn1cc(C(N)C(=O)NC2CCN(C3CC3)CC2)cn1. The second kappa shape index (κ2) is 5.54. The average molecular weight is 277 g/mol. The second-order valence-electron chi connectivity index (χ2n) is 5.98. The van der Waals surface area contributed by atoms with Crippen molar-refractivity contribution in [2.24, 2.45) is 12.8 Å². The molecule has 2 heterocycles. The van der Waals surface area contributed by atoms with E-state index in [0.29, 0.717) is 0 Å². The molecular weight excluding hydrogens is 254 g/mol. The third-order valence-electron chi connectivity index (χ3n) is 4.31. The summed E-state index contributed by atoms with van der Waals surface area (Å²) in [5, 5.41) is 7.13. The van der Waals surface area contributed by atoms with E-state index in [4.69, 9.17) is 5.73 Å². The average Bonchev–Trinajstić information content (AvgIpc) is 3.21. The van der Waals surface area contributed by atoms with Crippen LogP contribution in [0.4, 0.5) is 0 Å². The fourth-order valence-electron chi connectivity index (χ4n) is 2.89. The van der Waals surface area contributed by atoms with Gasteiger partial charge in [-0.05, 0) is 25.7 Å². The van der Waals surface area contributed by atoms with Gasteiger partial charge in [0.1, 0.15) is 6.04 Å². The summed E-state index contributed by atoms with van der Waals surface area (Å²) in [5.41, 5.74) is 6.74. The first-order valence-corrected chi connectivity index (χ1v) is 7.42. The van der Waals surface area contributed by atoms with Crippen LogP contribution in [0.5, 0.6) is 0 Å². The van der Waals surface area contributed by atoms with E-state index in [1.807, 2.05) is 7.05 Å². The number of carbonyl (C=O) groups excluding carboxylic acids is 1. The Labute approximate surface area is 119 Å². The van der Waals surface area contributed by atoms with Gasteiger partial charge in [0.05, 0.1) is 6.20 Å². The van der Waals surface area contributed by atoms with Crippen molar-refractivity contribution < 1.29 is 4.79 Å². The van der Waals surface area contributed by atoms with Crippen LogP contribution in [0, 0.1) is 0 Å². The Balaban J connectivity index is 1.49. The van der Waals surface area contributed by atoms with Gasteiger partial charge in [-0.2, -0.15) is 5.10 Å². The van der Waals surface area contributed by atoms with Crippen LogP contribution in [-0.2, 0) is 11.8 Å². The normalized spacial score (nSPS) is 22.7. The zero-order valence-corrected chi connectivity index (χ0v) is 12.0. The number of nitrogens with two attached hydrogens (primary N) is 1. The van der Waals surface area contributed by atoms with Crippen molar-refractivity contribution in [3.8, 4) is 0 Å². The molecule has 0 bridgehead atoms. The molecule has 1 atom stereocenters. The second-order valence-corrected chi connectivity index (χ2v) is 5.98. The quantitative estimate of drug-likeness (QED) is 0.822. The van der Waals surface area contributed by atoms with Gasteiger partial charge in [0.2, 0.25) is 5.91 Å². The molecule has 20 heavy (non-hydrogen) atoms. The number of hydrogen-bond donors (Lipinski definition) is 2. The number of nitrogens with zero attached hydrogens (tertiary/aromatic N) is 3. The lowest BCUT2D eigenvalue weighted by molar-refractivity contribution is -0.123. The molecule has 2 aliphatic rings. The highest BCUT2D eigenvalue weighted by Gasteiger charge is 2.32. The third-order valence-corrected chi connectivity index (χ3v) is 4.31. The summed E-state index contributed by atoms with van der Waals surface area (Å²) in [7, 11) is 1.82. The van der Waals surface area contributed by atoms with E-state index in [2.05, 4.69) is 15.3 Å². The van der Waals surface area contributed by atoms with Crippen molar-refractivity contribution >= 4 is 5.91 Å². The van der Waals surface area contributed by atoms with Crippen LogP contribution in [0.1, 0.15) is 37.3 Å². The van der Waals surface area contributed by atoms with Crippen molar-refractivity contribution in [2.75, 3.05) is 13.1 Å². The standard InChI is InChI=1S/C14H23N5O/c1-18-9-10(8-16-18)13(15)14(20)17-11-4-6-19(7-5-11)12-2-3-12/h8-9,11-13H,2-7,15H2,1H3,(H,17,20). The number of likely N-dealkylation sites (tertiary alicyclic amines) is 1. The number of hydrogen-bond acceptors (Lipinski definition) is 4. The minimum atomic E-state index is -0.620. The molecule has 0 radical (unpaired) electrons. The predicted octanol–water partition coefficient (Wildman–Crippen LogP) is 0.163. The Kier molecular flexibility index (Phi) is 3.76. The smallest absolute Gasteiger partial charge is 0.241 e. The molecule has 1 aromatic rings. The fraction of sp³-hybridized carbons (Fsp3) is 0.714. The number of aromatic nitrogens is 2. The van der Waals surface area contributed by atoms with E-state index in [9.17, 15) is 4.79 Å². The van der Waals surface area contributed by atoms with Crippen LogP contribution in [0.25, 0.3) is 0 Å². The van der Waals surface area contributed by atoms with Crippen LogP contribution in [0.2, 0.25) is 0 Å². The Morgan fingerprint density at radius 1 is 1.40 bits per heavy atom.